The molecule has 1 aliphatic heterocycles. The number of nitrogens with zero attached hydrogens (tertiary/aromatic N) is 5. The van der Waals surface area contributed by atoms with Crippen LogP contribution in [0.5, 0.6) is 0 Å². The molecule has 0 saturated carbocycles. The first-order valence-corrected chi connectivity index (χ1v) is 11.8. The summed E-state index contributed by atoms with van der Waals surface area (Å²) in [5.41, 5.74) is 5.97. The summed E-state index contributed by atoms with van der Waals surface area (Å²) in [5, 5.41) is 0.356. The van der Waals surface area contributed by atoms with Gasteiger partial charge in [0.05, 0.1) is 12.1 Å². The SMILES string of the molecule is CN(C)C(=O)Cn1c(=O)n(C)c(=O)c2c1cc(N1CCC[C@@](C)(N)C1)n2Cc1cc(F)ccc1Cl.Cl. The van der Waals surface area contributed by atoms with E-state index in [4.69, 9.17) is 17.3 Å². The van der Waals surface area contributed by atoms with Crippen molar-refractivity contribution in [3.8, 4) is 0 Å². The number of hydrogen-bond acceptors (Lipinski definition) is 5. The number of aromatic nitrogens is 3. The Kier molecular flexibility index (Phi) is 7.92. The summed E-state index contributed by atoms with van der Waals surface area (Å²) in [7, 11) is 4.58. The summed E-state index contributed by atoms with van der Waals surface area (Å²) >= 11 is 6.38. The van der Waals surface area contributed by atoms with Gasteiger partial charge in [0.1, 0.15) is 23.7 Å². The Morgan fingerprint density at radius 1 is 1.22 bits per heavy atom. The van der Waals surface area contributed by atoms with Crippen molar-refractivity contribution in [2.75, 3.05) is 32.1 Å². The minimum atomic E-state index is -0.590. The smallest absolute Gasteiger partial charge is 0.331 e. The van der Waals surface area contributed by atoms with Crippen LogP contribution in [0.1, 0.15) is 25.3 Å². The van der Waals surface area contributed by atoms with Gasteiger partial charge in [-0.25, -0.2) is 9.18 Å². The first-order chi connectivity index (χ1) is 16.4. The van der Waals surface area contributed by atoms with E-state index in [0.717, 1.165) is 17.4 Å². The van der Waals surface area contributed by atoms with E-state index in [9.17, 15) is 18.8 Å². The van der Waals surface area contributed by atoms with E-state index in [0.29, 0.717) is 35.0 Å². The number of piperidine rings is 1. The molecule has 1 fully saturated rings. The summed E-state index contributed by atoms with van der Waals surface area (Å²) in [6.07, 6.45) is 1.70. The molecular weight excluding hydrogens is 510 g/mol. The molecule has 9 nitrogen and oxygen atoms in total. The van der Waals surface area contributed by atoms with Gasteiger partial charge in [0.2, 0.25) is 5.91 Å². The third-order valence-corrected chi connectivity index (χ3v) is 6.92. The number of nitrogens with two attached hydrogens (primary N) is 1. The average Bonchev–Trinajstić information content (AvgIpc) is 3.16. The van der Waals surface area contributed by atoms with Crippen LogP contribution in [0.25, 0.3) is 11.0 Å². The highest BCUT2D eigenvalue weighted by molar-refractivity contribution is 6.31. The summed E-state index contributed by atoms with van der Waals surface area (Å²) in [5.74, 6) is -0.0798. The molecule has 0 unspecified atom stereocenters. The Bertz CT molecular complexity index is 1430. The molecule has 36 heavy (non-hydrogen) atoms. The summed E-state index contributed by atoms with van der Waals surface area (Å²) < 4.78 is 18.1. The zero-order valence-corrected chi connectivity index (χ0v) is 22.3. The van der Waals surface area contributed by atoms with Gasteiger partial charge in [-0.15, -0.1) is 12.4 Å². The highest BCUT2D eigenvalue weighted by Gasteiger charge is 2.30. The number of halogens is 3. The van der Waals surface area contributed by atoms with E-state index in [1.165, 1.54) is 34.7 Å². The molecular formula is C24H31Cl2FN6O3. The zero-order valence-electron chi connectivity index (χ0n) is 20.8. The number of likely N-dealkylation sites (N-methyl/N-ethyl adjacent to an activating group) is 1. The van der Waals surface area contributed by atoms with Crippen LogP contribution in [0.3, 0.4) is 0 Å². The van der Waals surface area contributed by atoms with Gasteiger partial charge in [-0.1, -0.05) is 11.6 Å². The van der Waals surface area contributed by atoms with Crippen LogP contribution in [-0.2, 0) is 24.9 Å². The van der Waals surface area contributed by atoms with E-state index >= 15 is 0 Å². The molecule has 3 aromatic rings. The molecule has 4 rings (SSSR count). The third kappa shape index (κ3) is 5.16. The molecule has 3 heterocycles. The van der Waals surface area contributed by atoms with Gasteiger partial charge < -0.3 is 20.1 Å². The lowest BCUT2D eigenvalue weighted by molar-refractivity contribution is -0.129. The molecule has 2 aromatic heterocycles. The molecule has 0 bridgehead atoms. The predicted molar refractivity (Wildman–Crippen MR) is 142 cm³/mol. The van der Waals surface area contributed by atoms with Crippen LogP contribution in [0.15, 0.2) is 33.9 Å². The second kappa shape index (κ2) is 10.3. The maximum Gasteiger partial charge on any atom is 0.331 e. The van der Waals surface area contributed by atoms with Gasteiger partial charge >= 0.3 is 5.69 Å². The van der Waals surface area contributed by atoms with Crippen molar-refractivity contribution in [3.63, 3.8) is 0 Å². The number of anilines is 1. The molecule has 0 spiro atoms. The lowest BCUT2D eigenvalue weighted by Crippen LogP contribution is -2.52. The molecule has 1 saturated heterocycles. The fourth-order valence-electron chi connectivity index (χ4n) is 4.63. The molecule has 12 heteroatoms. The molecule has 0 aliphatic carbocycles. The Hall–Kier alpha value is -2.82. The molecule has 196 valence electrons. The maximum atomic E-state index is 14.1. The van der Waals surface area contributed by atoms with Crippen molar-refractivity contribution >= 4 is 46.8 Å². The zero-order chi connectivity index (χ0) is 25.7. The van der Waals surface area contributed by atoms with Gasteiger partial charge in [-0.05, 0) is 43.5 Å². The molecule has 1 amide bonds. The van der Waals surface area contributed by atoms with Crippen LogP contribution in [-0.4, -0.2) is 57.2 Å². The van der Waals surface area contributed by atoms with Crippen LogP contribution in [0, 0.1) is 5.82 Å². The highest BCUT2D eigenvalue weighted by atomic mass is 35.5. The number of carbonyl (C=O) groups is 1. The molecule has 2 N–H and O–H groups in total. The standard InChI is InChI=1S/C24H30ClFN6O3.ClH/c1-24(27)8-5-9-30(14-24)19-11-18-21(32(19)12-15-10-16(26)6-7-17(15)25)22(34)29(4)23(35)31(18)13-20(33)28(2)3;/h6-7,10-11H,5,8-9,12-14,27H2,1-4H3;1H/t24-;/m1./s1. The van der Waals surface area contributed by atoms with Crippen LogP contribution >= 0.6 is 24.0 Å². The van der Waals surface area contributed by atoms with E-state index < -0.39 is 22.6 Å². The van der Waals surface area contributed by atoms with Gasteiger partial charge in [0.15, 0.2) is 0 Å². The number of benzene rings is 1. The van der Waals surface area contributed by atoms with Gasteiger partial charge in [-0.3, -0.25) is 18.7 Å². The third-order valence-electron chi connectivity index (χ3n) is 6.55. The quantitative estimate of drug-likeness (QED) is 0.534. The first-order valence-electron chi connectivity index (χ1n) is 11.4. The fraction of sp³-hybridized carbons (Fsp3) is 0.458. The van der Waals surface area contributed by atoms with Gasteiger partial charge in [0, 0.05) is 50.9 Å². The maximum absolute atomic E-state index is 14.1. The monoisotopic (exact) mass is 540 g/mol. The Morgan fingerprint density at radius 2 is 1.92 bits per heavy atom. The van der Waals surface area contributed by atoms with E-state index in [1.807, 2.05) is 6.92 Å². The second-order valence-corrected chi connectivity index (χ2v) is 10.2. The summed E-state index contributed by atoms with van der Waals surface area (Å²) in [4.78, 5) is 42.4. The minimum absolute atomic E-state index is 0. The van der Waals surface area contributed by atoms with Gasteiger partial charge in [0.25, 0.3) is 5.56 Å². The van der Waals surface area contributed by atoms with E-state index in [1.54, 1.807) is 24.7 Å². The van der Waals surface area contributed by atoms with Gasteiger partial charge in [-0.2, -0.15) is 0 Å². The fourth-order valence-corrected chi connectivity index (χ4v) is 4.81. The Morgan fingerprint density at radius 3 is 2.56 bits per heavy atom. The highest BCUT2D eigenvalue weighted by Crippen LogP contribution is 2.31. The second-order valence-electron chi connectivity index (χ2n) is 9.76. The Labute approximate surface area is 219 Å². The number of hydrogen-bond donors (Lipinski definition) is 1. The topological polar surface area (TPSA) is 98.5 Å². The number of amides is 1. The average molecular weight is 541 g/mol. The number of fused-ring (bicyclic) bond motifs is 1. The van der Waals surface area contributed by atoms with Crippen molar-refractivity contribution < 1.29 is 9.18 Å². The lowest BCUT2D eigenvalue weighted by atomic mass is 9.92. The van der Waals surface area contributed by atoms with Crippen LogP contribution in [0.4, 0.5) is 10.2 Å². The molecule has 0 radical (unpaired) electrons. The minimum Gasteiger partial charge on any atom is -0.356 e. The normalized spacial score (nSPS) is 17.8. The predicted octanol–water partition coefficient (Wildman–Crippen LogP) is 2.17. The summed E-state index contributed by atoms with van der Waals surface area (Å²) in [6, 6.07) is 5.82. The largest absolute Gasteiger partial charge is 0.356 e. The van der Waals surface area contributed by atoms with Crippen molar-refractivity contribution in [2.24, 2.45) is 12.8 Å². The van der Waals surface area contributed by atoms with Crippen molar-refractivity contribution in [2.45, 2.75) is 38.4 Å². The van der Waals surface area contributed by atoms with E-state index in [-0.39, 0.29) is 36.9 Å². The number of rotatable bonds is 5. The van der Waals surface area contributed by atoms with Crippen LogP contribution < -0.4 is 21.9 Å². The first kappa shape index (κ1) is 27.8. The van der Waals surface area contributed by atoms with Crippen molar-refractivity contribution in [1.82, 2.24) is 18.6 Å². The van der Waals surface area contributed by atoms with Crippen LogP contribution in [0.2, 0.25) is 5.02 Å². The Balaban J connectivity index is 0.00000361. The lowest BCUT2D eigenvalue weighted by Gasteiger charge is -2.39. The molecule has 1 aliphatic rings. The number of carbonyl (C=O) groups excluding carboxylic acids is 1. The van der Waals surface area contributed by atoms with Crippen molar-refractivity contribution in [1.29, 1.82) is 0 Å². The van der Waals surface area contributed by atoms with E-state index in [2.05, 4.69) is 4.90 Å². The molecule has 1 aromatic carbocycles. The van der Waals surface area contributed by atoms with Crippen molar-refractivity contribution in [3.05, 3.63) is 61.5 Å². The molecule has 1 atom stereocenters. The summed E-state index contributed by atoms with van der Waals surface area (Å²) in [6.45, 7) is 3.07.